The highest BCUT2D eigenvalue weighted by Gasteiger charge is 2.36. The zero-order valence-corrected chi connectivity index (χ0v) is 19.5. The molecule has 8 nitrogen and oxygen atoms in total. The molecule has 0 spiro atoms. The number of benzene rings is 2. The lowest BCUT2D eigenvalue weighted by Crippen LogP contribution is -2.33. The summed E-state index contributed by atoms with van der Waals surface area (Å²) in [6.07, 6.45) is 1.52. The van der Waals surface area contributed by atoms with Crippen LogP contribution in [0.3, 0.4) is 0 Å². The monoisotopic (exact) mass is 519 g/mol. The first-order valence-electron chi connectivity index (χ1n) is 9.24. The van der Waals surface area contributed by atoms with Gasteiger partial charge in [0.25, 0.3) is 11.1 Å². The average Bonchev–Trinajstić information content (AvgIpc) is 3.06. The van der Waals surface area contributed by atoms with Gasteiger partial charge in [-0.15, -0.1) is 0 Å². The van der Waals surface area contributed by atoms with Gasteiger partial charge < -0.3 is 14.2 Å². The van der Waals surface area contributed by atoms with Gasteiger partial charge in [-0.2, -0.15) is 0 Å². The van der Waals surface area contributed by atoms with E-state index < -0.39 is 17.1 Å². The number of carbonyl (C=O) groups excluding carboxylic acids is 4. The molecule has 1 fully saturated rings. The minimum atomic E-state index is -0.554. The zero-order chi connectivity index (χ0) is 23.3. The van der Waals surface area contributed by atoms with Crippen LogP contribution >= 0.6 is 27.7 Å². The molecule has 2 aromatic rings. The van der Waals surface area contributed by atoms with E-state index >= 15 is 0 Å². The van der Waals surface area contributed by atoms with Crippen LogP contribution in [0.25, 0.3) is 6.08 Å². The first kappa shape index (κ1) is 23.6. The number of hydrogen-bond acceptors (Lipinski definition) is 8. The Morgan fingerprint density at radius 3 is 2.47 bits per heavy atom. The van der Waals surface area contributed by atoms with Gasteiger partial charge in [0.05, 0.1) is 25.7 Å². The number of halogens is 1. The van der Waals surface area contributed by atoms with Gasteiger partial charge in [0.2, 0.25) is 0 Å². The van der Waals surface area contributed by atoms with E-state index in [-0.39, 0.29) is 23.8 Å². The first-order valence-corrected chi connectivity index (χ1v) is 10.9. The molecule has 2 aromatic carbocycles. The molecule has 166 valence electrons. The highest BCUT2D eigenvalue weighted by molar-refractivity contribution is 9.10. The number of nitrogens with zero attached hydrogens (tertiary/aromatic N) is 1. The summed E-state index contributed by atoms with van der Waals surface area (Å²) in [6, 6.07) is 11.6. The van der Waals surface area contributed by atoms with Gasteiger partial charge in [-0.1, -0.05) is 46.3 Å². The third-order valence-electron chi connectivity index (χ3n) is 4.41. The molecule has 1 saturated heterocycles. The lowest BCUT2D eigenvalue weighted by molar-refractivity contribution is -0.142. The van der Waals surface area contributed by atoms with Crippen LogP contribution in [0.4, 0.5) is 4.79 Å². The molecule has 2 amide bonds. The molecule has 1 aliphatic rings. The van der Waals surface area contributed by atoms with Crippen molar-refractivity contribution in [1.82, 2.24) is 4.90 Å². The third-order valence-corrected chi connectivity index (χ3v) is 6.01. The highest BCUT2D eigenvalue weighted by atomic mass is 79.9. The van der Waals surface area contributed by atoms with Gasteiger partial charge in [0.1, 0.15) is 0 Å². The highest BCUT2D eigenvalue weighted by Crippen LogP contribution is 2.38. The Bertz CT molecular complexity index is 1100. The van der Waals surface area contributed by atoms with Crippen molar-refractivity contribution in [2.75, 3.05) is 27.4 Å². The van der Waals surface area contributed by atoms with Crippen LogP contribution in [-0.4, -0.2) is 55.2 Å². The lowest BCUT2D eigenvalue weighted by atomic mass is 10.1. The summed E-state index contributed by atoms with van der Waals surface area (Å²) < 4.78 is 15.8. The quantitative estimate of drug-likeness (QED) is 0.294. The Hall–Kier alpha value is -3.11. The van der Waals surface area contributed by atoms with E-state index in [0.29, 0.717) is 27.1 Å². The minimum absolute atomic E-state index is 0.168. The smallest absolute Gasteiger partial charge is 0.343 e. The van der Waals surface area contributed by atoms with Crippen LogP contribution in [0, 0.1) is 0 Å². The van der Waals surface area contributed by atoms with Gasteiger partial charge in [0, 0.05) is 10.0 Å². The van der Waals surface area contributed by atoms with Crippen molar-refractivity contribution < 1.29 is 33.4 Å². The van der Waals surface area contributed by atoms with E-state index in [0.717, 1.165) is 16.7 Å². The molecule has 0 radical (unpaired) electrons. The minimum Gasteiger partial charge on any atom is -0.493 e. The summed E-state index contributed by atoms with van der Waals surface area (Å²) in [6.45, 7) is -0.635. The van der Waals surface area contributed by atoms with Gasteiger partial charge in [-0.25, -0.2) is 4.79 Å². The standard InChI is InChI=1S/C22H18BrNO7S/c1-29-17-8-14(15(23)10-18(17)31-12-20(26)30-2)9-19-21(27)24(22(28)32-19)11-16(25)13-6-4-3-5-7-13/h3-10H,11-12H2,1-2H3/b19-9+. The summed E-state index contributed by atoms with van der Waals surface area (Å²) in [5, 5.41) is -0.522. The van der Waals surface area contributed by atoms with Crippen LogP contribution in [0.2, 0.25) is 0 Å². The molecule has 0 unspecified atom stereocenters. The van der Waals surface area contributed by atoms with Crippen molar-refractivity contribution >= 4 is 56.7 Å². The Morgan fingerprint density at radius 2 is 1.81 bits per heavy atom. The molecule has 3 rings (SSSR count). The number of amides is 2. The number of imide groups is 1. The van der Waals surface area contributed by atoms with Crippen molar-refractivity contribution in [2.24, 2.45) is 0 Å². The van der Waals surface area contributed by atoms with E-state index in [2.05, 4.69) is 20.7 Å². The Morgan fingerprint density at radius 1 is 1.09 bits per heavy atom. The number of methoxy groups -OCH3 is 2. The van der Waals surface area contributed by atoms with Gasteiger partial charge in [-0.3, -0.25) is 19.3 Å². The van der Waals surface area contributed by atoms with Crippen molar-refractivity contribution in [3.63, 3.8) is 0 Å². The maximum absolute atomic E-state index is 12.8. The molecule has 1 aliphatic heterocycles. The average molecular weight is 520 g/mol. The molecule has 10 heteroatoms. The van der Waals surface area contributed by atoms with Crippen molar-refractivity contribution in [2.45, 2.75) is 0 Å². The second kappa shape index (κ2) is 10.5. The summed E-state index contributed by atoms with van der Waals surface area (Å²) in [4.78, 5) is 50.0. The van der Waals surface area contributed by atoms with Crippen LogP contribution in [0.15, 0.2) is 51.8 Å². The van der Waals surface area contributed by atoms with Crippen molar-refractivity contribution in [3.8, 4) is 11.5 Å². The predicted molar refractivity (Wildman–Crippen MR) is 122 cm³/mol. The summed E-state index contributed by atoms with van der Waals surface area (Å²) in [5.41, 5.74) is 0.970. The number of esters is 1. The van der Waals surface area contributed by atoms with E-state index in [1.54, 1.807) is 42.5 Å². The number of thioether (sulfide) groups is 1. The molecule has 0 bridgehead atoms. The van der Waals surface area contributed by atoms with Crippen molar-refractivity contribution in [1.29, 1.82) is 0 Å². The number of rotatable bonds is 8. The summed E-state index contributed by atoms with van der Waals surface area (Å²) in [7, 11) is 2.68. The second-order valence-corrected chi connectivity index (χ2v) is 8.29. The molecule has 0 saturated carbocycles. The second-order valence-electron chi connectivity index (χ2n) is 6.45. The molecule has 32 heavy (non-hydrogen) atoms. The molecular formula is C22H18BrNO7S. The number of ketones is 1. The molecule has 0 aromatic heterocycles. The lowest BCUT2D eigenvalue weighted by Gasteiger charge is -2.12. The molecule has 0 aliphatic carbocycles. The van der Waals surface area contributed by atoms with Crippen molar-refractivity contribution in [3.05, 3.63) is 63.0 Å². The van der Waals surface area contributed by atoms with Gasteiger partial charge >= 0.3 is 5.97 Å². The number of hydrogen-bond donors (Lipinski definition) is 0. The van der Waals surface area contributed by atoms with Crippen LogP contribution in [-0.2, 0) is 14.3 Å². The Labute approximate surface area is 196 Å². The van der Waals surface area contributed by atoms with E-state index in [9.17, 15) is 19.2 Å². The van der Waals surface area contributed by atoms with Gasteiger partial charge in [-0.05, 0) is 35.5 Å². The van der Waals surface area contributed by atoms with Crippen LogP contribution in [0.1, 0.15) is 15.9 Å². The van der Waals surface area contributed by atoms with Crippen LogP contribution in [0.5, 0.6) is 11.5 Å². The first-order chi connectivity index (χ1) is 15.3. The predicted octanol–water partition coefficient (Wildman–Crippen LogP) is 3.93. The molecule has 0 atom stereocenters. The van der Waals surface area contributed by atoms with Crippen LogP contribution < -0.4 is 9.47 Å². The number of ether oxygens (including phenoxy) is 3. The van der Waals surface area contributed by atoms with E-state index in [4.69, 9.17) is 9.47 Å². The SMILES string of the molecule is COC(=O)COc1cc(Br)c(/C=C2/SC(=O)N(CC(=O)c3ccccc3)C2=O)cc1OC. The fourth-order valence-electron chi connectivity index (χ4n) is 2.77. The van der Waals surface area contributed by atoms with E-state index in [1.165, 1.54) is 20.3 Å². The molecular weight excluding hydrogens is 502 g/mol. The summed E-state index contributed by atoms with van der Waals surface area (Å²) in [5.74, 6) is -0.818. The van der Waals surface area contributed by atoms with Gasteiger partial charge in [0.15, 0.2) is 23.9 Å². The fourth-order valence-corrected chi connectivity index (χ4v) is 4.03. The summed E-state index contributed by atoms with van der Waals surface area (Å²) >= 11 is 4.14. The Kier molecular flexibility index (Phi) is 7.70. The normalized spacial score (nSPS) is 14.6. The van der Waals surface area contributed by atoms with E-state index in [1.807, 2.05) is 0 Å². The maximum Gasteiger partial charge on any atom is 0.343 e. The molecule has 0 N–H and O–H groups in total. The Balaban J connectivity index is 1.80. The fraction of sp³-hybridized carbons (Fsp3) is 0.182. The zero-order valence-electron chi connectivity index (χ0n) is 17.1. The topological polar surface area (TPSA) is 99.2 Å². The number of Topliss-reactive ketones (excluding diaryl/α,β-unsaturated/α-hetero) is 1. The molecule has 1 heterocycles. The largest absolute Gasteiger partial charge is 0.493 e. The number of carbonyl (C=O) groups is 4. The maximum atomic E-state index is 12.8. The third kappa shape index (κ3) is 5.38.